The van der Waals surface area contributed by atoms with Crippen molar-refractivity contribution in [2.45, 2.75) is 59.2 Å². The van der Waals surface area contributed by atoms with Crippen LogP contribution in [0.3, 0.4) is 0 Å². The predicted molar refractivity (Wildman–Crippen MR) is 117 cm³/mol. The second-order valence-corrected chi connectivity index (χ2v) is 8.46. The van der Waals surface area contributed by atoms with E-state index in [9.17, 15) is 24.3 Å². The topological polar surface area (TPSA) is 134 Å². The molecule has 0 saturated heterocycles. The Morgan fingerprint density at radius 1 is 1.09 bits per heavy atom. The number of rotatable bonds is 8. The van der Waals surface area contributed by atoms with Crippen LogP contribution >= 0.6 is 0 Å². The number of benzene rings is 1. The summed E-state index contributed by atoms with van der Waals surface area (Å²) in [5.74, 6) is -2.08. The fourth-order valence-electron chi connectivity index (χ4n) is 2.93. The van der Waals surface area contributed by atoms with Crippen molar-refractivity contribution >= 4 is 23.9 Å². The average Bonchev–Trinajstić information content (AvgIpc) is 2.68. The number of esters is 1. The van der Waals surface area contributed by atoms with Crippen LogP contribution < -0.4 is 10.6 Å². The van der Waals surface area contributed by atoms with E-state index in [1.165, 1.54) is 18.1 Å². The molecule has 0 saturated carbocycles. The Bertz CT molecular complexity index is 846. The van der Waals surface area contributed by atoms with Gasteiger partial charge in [0.15, 0.2) is 0 Å². The van der Waals surface area contributed by atoms with Crippen LogP contribution in [0.25, 0.3) is 0 Å². The molecule has 0 aliphatic heterocycles. The average molecular weight is 452 g/mol. The Morgan fingerprint density at radius 2 is 1.72 bits per heavy atom. The van der Waals surface area contributed by atoms with Crippen LogP contribution in [0.4, 0.5) is 4.79 Å². The highest BCUT2D eigenvalue weighted by Crippen LogP contribution is 2.32. The number of nitrogens with one attached hydrogen (secondary N) is 2. The van der Waals surface area contributed by atoms with Gasteiger partial charge in [0.25, 0.3) is 0 Å². The van der Waals surface area contributed by atoms with E-state index < -0.39 is 54.7 Å². The lowest BCUT2D eigenvalue weighted by molar-refractivity contribution is -0.144. The summed E-state index contributed by atoms with van der Waals surface area (Å²) >= 11 is 0. The van der Waals surface area contributed by atoms with Crippen molar-refractivity contribution in [1.29, 1.82) is 0 Å². The van der Waals surface area contributed by atoms with Gasteiger partial charge in [0.1, 0.15) is 30.5 Å². The maximum absolute atomic E-state index is 13.1. The third-order valence-corrected chi connectivity index (χ3v) is 4.35. The predicted octanol–water partition coefficient (Wildman–Crippen LogP) is 1.79. The van der Waals surface area contributed by atoms with Crippen LogP contribution in [0, 0.1) is 6.92 Å². The Balaban J connectivity index is 3.25. The first-order chi connectivity index (χ1) is 14.8. The lowest BCUT2D eigenvalue weighted by atomic mass is 9.99. The van der Waals surface area contributed by atoms with Gasteiger partial charge in [0.05, 0.1) is 7.11 Å². The van der Waals surface area contributed by atoms with Crippen LogP contribution in [-0.4, -0.2) is 65.7 Å². The van der Waals surface area contributed by atoms with E-state index in [1.54, 1.807) is 53.7 Å². The van der Waals surface area contributed by atoms with Crippen molar-refractivity contribution in [3.63, 3.8) is 0 Å². The summed E-state index contributed by atoms with van der Waals surface area (Å²) in [6.07, 6.45) is -0.778. The van der Waals surface area contributed by atoms with E-state index in [4.69, 9.17) is 4.74 Å². The number of hydrogen-bond donors (Lipinski definition) is 3. The minimum absolute atomic E-state index is 0.149. The summed E-state index contributed by atoms with van der Waals surface area (Å²) in [5, 5.41) is 15.4. The smallest absolute Gasteiger partial charge is 0.408 e. The quantitative estimate of drug-likeness (QED) is 0.513. The zero-order valence-corrected chi connectivity index (χ0v) is 19.6. The van der Waals surface area contributed by atoms with Gasteiger partial charge in [0.2, 0.25) is 11.8 Å². The van der Waals surface area contributed by atoms with Gasteiger partial charge < -0.3 is 30.1 Å². The molecule has 0 heterocycles. The van der Waals surface area contributed by atoms with Crippen molar-refractivity contribution < 1.29 is 33.8 Å². The molecule has 1 unspecified atom stereocenters. The van der Waals surface area contributed by atoms with Gasteiger partial charge in [0, 0.05) is 11.6 Å². The highest BCUT2D eigenvalue weighted by Gasteiger charge is 2.35. The van der Waals surface area contributed by atoms with Crippen LogP contribution in [-0.2, 0) is 23.9 Å². The number of alkyl carbamates (subject to hydrolysis) is 1. The summed E-state index contributed by atoms with van der Waals surface area (Å²) in [7, 11) is 1.19. The third-order valence-electron chi connectivity index (χ3n) is 4.35. The number of amides is 3. The summed E-state index contributed by atoms with van der Waals surface area (Å²) < 4.78 is 9.69. The zero-order valence-electron chi connectivity index (χ0n) is 19.6. The Kier molecular flexibility index (Phi) is 9.49. The van der Waals surface area contributed by atoms with Gasteiger partial charge in [-0.05, 0) is 47.1 Å². The molecule has 0 aliphatic rings. The monoisotopic (exact) mass is 451 g/mol. The minimum atomic E-state index is -1.26. The molecule has 1 atom stereocenters. The molecule has 3 N–H and O–H groups in total. The van der Waals surface area contributed by atoms with Crippen LogP contribution in [0.5, 0.6) is 5.75 Å². The van der Waals surface area contributed by atoms with Gasteiger partial charge in [-0.2, -0.15) is 0 Å². The first-order valence-electron chi connectivity index (χ1n) is 10.2. The second kappa shape index (κ2) is 11.4. The minimum Gasteiger partial charge on any atom is -0.507 e. The van der Waals surface area contributed by atoms with Crippen molar-refractivity contribution in [3.05, 3.63) is 29.3 Å². The number of carbonyl (C=O) groups is 4. The van der Waals surface area contributed by atoms with Crippen molar-refractivity contribution in [2.75, 3.05) is 20.2 Å². The Labute approximate surface area is 188 Å². The van der Waals surface area contributed by atoms with Crippen LogP contribution in [0.15, 0.2) is 18.2 Å². The molecule has 178 valence electrons. The number of carbonyl (C=O) groups excluding carboxylic acids is 4. The first-order valence-corrected chi connectivity index (χ1v) is 10.2. The molecule has 32 heavy (non-hydrogen) atoms. The number of ether oxygens (including phenoxy) is 2. The van der Waals surface area contributed by atoms with Crippen molar-refractivity contribution in [2.24, 2.45) is 0 Å². The van der Waals surface area contributed by atoms with E-state index in [1.807, 2.05) is 0 Å². The number of para-hydroxylation sites is 1. The van der Waals surface area contributed by atoms with Crippen LogP contribution in [0.2, 0.25) is 0 Å². The van der Waals surface area contributed by atoms with E-state index in [0.717, 1.165) is 0 Å². The van der Waals surface area contributed by atoms with E-state index >= 15 is 0 Å². The third kappa shape index (κ3) is 7.75. The van der Waals surface area contributed by atoms with Gasteiger partial charge in [-0.15, -0.1) is 0 Å². The zero-order chi connectivity index (χ0) is 24.6. The molecule has 0 bridgehead atoms. The number of methoxy groups -OCH3 is 1. The molecule has 1 aromatic carbocycles. The summed E-state index contributed by atoms with van der Waals surface area (Å²) in [6, 6.07) is 3.08. The number of aromatic hydroxyl groups is 1. The molecule has 10 heteroatoms. The molecule has 1 aromatic rings. The summed E-state index contributed by atoms with van der Waals surface area (Å²) in [4.78, 5) is 50.8. The van der Waals surface area contributed by atoms with E-state index in [2.05, 4.69) is 15.4 Å². The molecule has 0 spiro atoms. The van der Waals surface area contributed by atoms with Crippen molar-refractivity contribution in [1.82, 2.24) is 15.5 Å². The summed E-state index contributed by atoms with van der Waals surface area (Å²) in [6.45, 7) is 9.28. The lowest BCUT2D eigenvalue weighted by Gasteiger charge is -2.35. The van der Waals surface area contributed by atoms with Gasteiger partial charge in [-0.3, -0.25) is 14.4 Å². The van der Waals surface area contributed by atoms with Gasteiger partial charge in [-0.1, -0.05) is 18.2 Å². The Hall–Kier alpha value is -3.30. The maximum atomic E-state index is 13.1. The molecule has 10 nitrogen and oxygen atoms in total. The molecule has 0 fully saturated rings. The van der Waals surface area contributed by atoms with Crippen LogP contribution in [0.1, 0.15) is 51.8 Å². The summed E-state index contributed by atoms with van der Waals surface area (Å²) in [5.41, 5.74) is -0.0443. The largest absolute Gasteiger partial charge is 0.507 e. The lowest BCUT2D eigenvalue weighted by Crippen LogP contribution is -2.51. The number of phenolic OH excluding ortho intramolecular Hbond substituents is 1. The molecule has 0 aliphatic carbocycles. The van der Waals surface area contributed by atoms with E-state index in [0.29, 0.717) is 5.56 Å². The molecule has 0 aromatic heterocycles. The fraction of sp³-hybridized carbons (Fsp3) is 0.545. The number of hydrogen-bond acceptors (Lipinski definition) is 7. The first kappa shape index (κ1) is 26.7. The highest BCUT2D eigenvalue weighted by molar-refractivity contribution is 5.92. The maximum Gasteiger partial charge on any atom is 0.408 e. The SMILES string of the molecule is COC(=O)CNC(=O)C(c1cccc(C)c1O)N(C(=O)CNC(=O)OC(C)(C)C)C(C)C. The van der Waals surface area contributed by atoms with Gasteiger partial charge in [-0.25, -0.2) is 4.79 Å². The van der Waals surface area contributed by atoms with Gasteiger partial charge >= 0.3 is 12.1 Å². The van der Waals surface area contributed by atoms with Crippen molar-refractivity contribution in [3.8, 4) is 5.75 Å². The number of phenols is 1. The standard InChI is InChI=1S/C22H33N3O7/c1-13(2)25(16(26)11-24-21(30)32-22(4,5)6)18(20(29)23-12-17(27)31-7)15-10-8-9-14(3)19(15)28/h8-10,13,18,28H,11-12H2,1-7H3,(H,23,29)(H,24,30). The van der Waals surface area contributed by atoms with E-state index in [-0.39, 0.29) is 11.3 Å². The molecule has 0 radical (unpaired) electrons. The Morgan fingerprint density at radius 3 is 2.25 bits per heavy atom. The number of aryl methyl sites for hydroxylation is 1. The fourth-order valence-corrected chi connectivity index (χ4v) is 2.93. The molecular formula is C22H33N3O7. The number of nitrogens with zero attached hydrogens (tertiary/aromatic N) is 1. The molecular weight excluding hydrogens is 418 g/mol. The second-order valence-electron chi connectivity index (χ2n) is 8.46. The molecule has 1 rings (SSSR count). The highest BCUT2D eigenvalue weighted by atomic mass is 16.6. The molecule has 3 amide bonds. The normalized spacial score (nSPS) is 12.0.